The summed E-state index contributed by atoms with van der Waals surface area (Å²) in [6.45, 7) is 3.88. The van der Waals surface area contributed by atoms with Crippen molar-refractivity contribution in [1.29, 1.82) is 0 Å². The van der Waals surface area contributed by atoms with Crippen LogP contribution >= 0.6 is 0 Å². The first-order valence-corrected chi connectivity index (χ1v) is 11.6. The molecule has 1 saturated carbocycles. The average Bonchev–Trinajstić information content (AvgIpc) is 3.37. The lowest BCUT2D eigenvalue weighted by molar-refractivity contribution is -0.0468. The number of hydrogen-bond acceptors (Lipinski definition) is 5. The van der Waals surface area contributed by atoms with E-state index in [0.29, 0.717) is 24.8 Å². The Morgan fingerprint density at radius 3 is 2.53 bits per heavy atom. The van der Waals surface area contributed by atoms with Gasteiger partial charge in [-0.1, -0.05) is 25.0 Å². The van der Waals surface area contributed by atoms with Crippen LogP contribution in [0.5, 0.6) is 11.5 Å². The van der Waals surface area contributed by atoms with Gasteiger partial charge < -0.3 is 19.1 Å². The molecule has 172 valence electrons. The predicted octanol–water partition coefficient (Wildman–Crippen LogP) is 3.99. The number of carbonyl (C=O) groups is 1. The summed E-state index contributed by atoms with van der Waals surface area (Å²) in [5, 5.41) is 0. The monoisotopic (exact) mass is 438 g/mol. The standard InChI is InChI=1S/C26H34N2O4/c1-30-23-12-10-21(11-13-23)26(29)28(22-7-3-4-8-22)19-25-18-27(14-15-32-25)17-20-6-5-9-24(16-20)31-2/h5-6,9-13,16,22,25H,3-4,7-8,14-15,17-19H2,1-2H3. The van der Waals surface area contributed by atoms with Crippen molar-refractivity contribution < 1.29 is 19.0 Å². The Kier molecular flexibility index (Phi) is 7.66. The first-order valence-electron chi connectivity index (χ1n) is 11.6. The molecule has 1 aliphatic heterocycles. The molecule has 0 aromatic heterocycles. The van der Waals surface area contributed by atoms with Gasteiger partial charge in [0.25, 0.3) is 5.91 Å². The van der Waals surface area contributed by atoms with E-state index in [0.717, 1.165) is 44.0 Å². The number of rotatable bonds is 8. The third-order valence-corrected chi connectivity index (χ3v) is 6.53. The molecule has 2 fully saturated rings. The van der Waals surface area contributed by atoms with E-state index in [1.807, 2.05) is 36.4 Å². The molecule has 2 aliphatic rings. The SMILES string of the molecule is COc1ccc(C(=O)N(CC2CN(Cc3cccc(OC)c3)CCO2)C2CCCC2)cc1. The highest BCUT2D eigenvalue weighted by molar-refractivity contribution is 5.94. The minimum atomic E-state index is 0.0113. The van der Waals surface area contributed by atoms with Crippen molar-refractivity contribution in [2.45, 2.75) is 44.4 Å². The molecule has 1 aliphatic carbocycles. The third kappa shape index (κ3) is 5.61. The molecular weight excluding hydrogens is 404 g/mol. The van der Waals surface area contributed by atoms with Gasteiger partial charge in [-0.25, -0.2) is 0 Å². The molecule has 6 heteroatoms. The maximum absolute atomic E-state index is 13.5. The molecular formula is C26H34N2O4. The number of carbonyl (C=O) groups excluding carboxylic acids is 1. The topological polar surface area (TPSA) is 51.2 Å². The lowest BCUT2D eigenvalue weighted by Crippen LogP contribution is -2.50. The summed E-state index contributed by atoms with van der Waals surface area (Å²) in [5.41, 5.74) is 1.94. The van der Waals surface area contributed by atoms with E-state index in [1.165, 1.54) is 18.4 Å². The van der Waals surface area contributed by atoms with E-state index in [9.17, 15) is 4.79 Å². The highest BCUT2D eigenvalue weighted by Crippen LogP contribution is 2.27. The Bertz CT molecular complexity index is 880. The Morgan fingerprint density at radius 1 is 1.06 bits per heavy atom. The smallest absolute Gasteiger partial charge is 0.254 e. The third-order valence-electron chi connectivity index (χ3n) is 6.53. The fraction of sp³-hybridized carbons (Fsp3) is 0.500. The number of nitrogens with zero attached hydrogens (tertiary/aromatic N) is 2. The second-order valence-electron chi connectivity index (χ2n) is 8.70. The van der Waals surface area contributed by atoms with Crippen molar-refractivity contribution in [1.82, 2.24) is 9.80 Å². The summed E-state index contributed by atoms with van der Waals surface area (Å²) in [6, 6.07) is 15.9. The van der Waals surface area contributed by atoms with Crippen LogP contribution in [0.15, 0.2) is 48.5 Å². The molecule has 1 atom stereocenters. The Balaban J connectivity index is 1.43. The maximum atomic E-state index is 13.5. The van der Waals surface area contributed by atoms with Crippen molar-refractivity contribution in [3.8, 4) is 11.5 Å². The molecule has 4 rings (SSSR count). The number of benzene rings is 2. The lowest BCUT2D eigenvalue weighted by Gasteiger charge is -2.38. The molecule has 1 unspecified atom stereocenters. The van der Waals surface area contributed by atoms with E-state index < -0.39 is 0 Å². The van der Waals surface area contributed by atoms with Crippen molar-refractivity contribution in [3.05, 3.63) is 59.7 Å². The average molecular weight is 439 g/mol. The highest BCUT2D eigenvalue weighted by atomic mass is 16.5. The van der Waals surface area contributed by atoms with Crippen LogP contribution in [-0.2, 0) is 11.3 Å². The zero-order valence-corrected chi connectivity index (χ0v) is 19.2. The van der Waals surface area contributed by atoms with Crippen LogP contribution in [0.3, 0.4) is 0 Å². The van der Waals surface area contributed by atoms with E-state index in [1.54, 1.807) is 14.2 Å². The molecule has 0 radical (unpaired) electrons. The zero-order chi connectivity index (χ0) is 22.3. The van der Waals surface area contributed by atoms with E-state index in [4.69, 9.17) is 14.2 Å². The van der Waals surface area contributed by atoms with E-state index in [2.05, 4.69) is 21.9 Å². The minimum Gasteiger partial charge on any atom is -0.497 e. The number of morpholine rings is 1. The second-order valence-corrected chi connectivity index (χ2v) is 8.70. The number of hydrogen-bond donors (Lipinski definition) is 0. The summed E-state index contributed by atoms with van der Waals surface area (Å²) in [7, 11) is 3.33. The van der Waals surface area contributed by atoms with Gasteiger partial charge in [-0.3, -0.25) is 9.69 Å². The van der Waals surface area contributed by atoms with Gasteiger partial charge >= 0.3 is 0 Å². The molecule has 2 aromatic rings. The zero-order valence-electron chi connectivity index (χ0n) is 19.2. The summed E-state index contributed by atoms with van der Waals surface area (Å²) >= 11 is 0. The number of ether oxygens (including phenoxy) is 3. The van der Waals surface area contributed by atoms with Gasteiger partial charge in [-0.05, 0) is 54.8 Å². The Morgan fingerprint density at radius 2 is 1.81 bits per heavy atom. The summed E-state index contributed by atoms with van der Waals surface area (Å²) in [6.07, 6.45) is 4.52. The van der Waals surface area contributed by atoms with Crippen molar-refractivity contribution in [3.63, 3.8) is 0 Å². The van der Waals surface area contributed by atoms with Gasteiger partial charge in [-0.2, -0.15) is 0 Å². The quantitative estimate of drug-likeness (QED) is 0.624. The molecule has 1 heterocycles. The van der Waals surface area contributed by atoms with Gasteiger partial charge in [-0.15, -0.1) is 0 Å². The normalized spacial score (nSPS) is 19.6. The fourth-order valence-electron chi connectivity index (χ4n) is 4.80. The van der Waals surface area contributed by atoms with Gasteiger partial charge in [0, 0.05) is 37.8 Å². The van der Waals surface area contributed by atoms with Gasteiger partial charge in [0.05, 0.1) is 26.9 Å². The Hall–Kier alpha value is -2.57. The molecule has 6 nitrogen and oxygen atoms in total. The van der Waals surface area contributed by atoms with Crippen LogP contribution in [0.2, 0.25) is 0 Å². The number of methoxy groups -OCH3 is 2. The second kappa shape index (κ2) is 10.8. The predicted molar refractivity (Wildman–Crippen MR) is 124 cm³/mol. The first-order chi connectivity index (χ1) is 15.7. The van der Waals surface area contributed by atoms with E-state index in [-0.39, 0.29) is 12.0 Å². The lowest BCUT2D eigenvalue weighted by atomic mass is 10.1. The fourth-order valence-corrected chi connectivity index (χ4v) is 4.80. The molecule has 0 spiro atoms. The van der Waals surface area contributed by atoms with Crippen LogP contribution in [-0.4, -0.2) is 68.3 Å². The summed E-state index contributed by atoms with van der Waals surface area (Å²) in [5.74, 6) is 1.73. The molecule has 0 N–H and O–H groups in total. The molecule has 32 heavy (non-hydrogen) atoms. The van der Waals surface area contributed by atoms with Gasteiger partial charge in [0.15, 0.2) is 0 Å². The van der Waals surface area contributed by atoms with Crippen molar-refractivity contribution >= 4 is 5.91 Å². The van der Waals surface area contributed by atoms with Crippen LogP contribution in [0.1, 0.15) is 41.6 Å². The highest BCUT2D eigenvalue weighted by Gasteiger charge is 2.31. The summed E-state index contributed by atoms with van der Waals surface area (Å²) in [4.78, 5) is 17.9. The van der Waals surface area contributed by atoms with Crippen molar-refractivity contribution in [2.24, 2.45) is 0 Å². The largest absolute Gasteiger partial charge is 0.497 e. The first kappa shape index (κ1) is 22.6. The van der Waals surface area contributed by atoms with Crippen LogP contribution in [0, 0.1) is 0 Å². The summed E-state index contributed by atoms with van der Waals surface area (Å²) < 4.78 is 16.7. The molecule has 0 bridgehead atoms. The van der Waals surface area contributed by atoms with Gasteiger partial charge in [0.2, 0.25) is 0 Å². The molecule has 1 amide bonds. The maximum Gasteiger partial charge on any atom is 0.254 e. The van der Waals surface area contributed by atoms with Gasteiger partial charge in [0.1, 0.15) is 11.5 Å². The van der Waals surface area contributed by atoms with Crippen LogP contribution in [0.4, 0.5) is 0 Å². The van der Waals surface area contributed by atoms with E-state index >= 15 is 0 Å². The number of amides is 1. The van der Waals surface area contributed by atoms with Crippen LogP contribution in [0.25, 0.3) is 0 Å². The molecule has 2 aromatic carbocycles. The minimum absolute atomic E-state index is 0.0113. The molecule has 1 saturated heterocycles. The Labute approximate surface area is 191 Å². The van der Waals surface area contributed by atoms with Crippen LogP contribution < -0.4 is 9.47 Å². The van der Waals surface area contributed by atoms with Crippen molar-refractivity contribution in [2.75, 3.05) is 40.5 Å².